The van der Waals surface area contributed by atoms with Crippen LogP contribution in [0.3, 0.4) is 0 Å². The number of aliphatic carboxylic acids is 1. The zero-order valence-electron chi connectivity index (χ0n) is 10.8. The third-order valence-electron chi connectivity index (χ3n) is 3.57. The van der Waals surface area contributed by atoms with Crippen molar-refractivity contribution in [3.8, 4) is 0 Å². The first-order valence-corrected chi connectivity index (χ1v) is 6.17. The predicted octanol–water partition coefficient (Wildman–Crippen LogP) is 1.68. The molecule has 0 heterocycles. The van der Waals surface area contributed by atoms with E-state index in [-0.39, 0.29) is 18.6 Å². The molecule has 1 aliphatic rings. The average Bonchev–Trinajstić information content (AvgIpc) is 3.06. The molecule has 1 unspecified atom stereocenters. The van der Waals surface area contributed by atoms with Gasteiger partial charge in [-0.05, 0) is 26.2 Å². The molecular weight excluding hydrogens is 220 g/mol. The Labute approximate surface area is 102 Å². The van der Waals surface area contributed by atoms with Gasteiger partial charge in [-0.15, -0.1) is 0 Å². The van der Waals surface area contributed by atoms with E-state index >= 15 is 0 Å². The Morgan fingerprint density at radius 1 is 1.47 bits per heavy atom. The van der Waals surface area contributed by atoms with Crippen molar-refractivity contribution in [3.05, 3.63) is 0 Å². The summed E-state index contributed by atoms with van der Waals surface area (Å²) in [6.45, 7) is 4.31. The van der Waals surface area contributed by atoms with Crippen molar-refractivity contribution in [2.75, 3.05) is 13.6 Å². The smallest absolute Gasteiger partial charge is 0.317 e. The lowest BCUT2D eigenvalue weighted by molar-refractivity contribution is -0.143. The Morgan fingerprint density at radius 3 is 2.47 bits per heavy atom. The molecule has 5 nitrogen and oxygen atoms in total. The van der Waals surface area contributed by atoms with Gasteiger partial charge in [0.25, 0.3) is 0 Å². The van der Waals surface area contributed by atoms with Crippen molar-refractivity contribution in [1.82, 2.24) is 10.2 Å². The van der Waals surface area contributed by atoms with E-state index in [0.717, 1.165) is 12.8 Å². The molecule has 0 saturated heterocycles. The van der Waals surface area contributed by atoms with Crippen LogP contribution < -0.4 is 5.32 Å². The Hall–Kier alpha value is -1.26. The van der Waals surface area contributed by atoms with E-state index in [0.29, 0.717) is 12.8 Å². The summed E-state index contributed by atoms with van der Waals surface area (Å²) in [5.41, 5.74) is -0.690. The summed E-state index contributed by atoms with van der Waals surface area (Å²) in [6.07, 6.45) is 3.31. The number of carboxylic acid groups (broad SMARTS) is 1. The standard InChI is InChI=1S/C12H22N2O3/c1-4-5-9(2)14(3)11(17)13-8-12(6-7-12)10(15)16/h9H,4-8H2,1-3H3,(H,13,17)(H,15,16). The van der Waals surface area contributed by atoms with Gasteiger partial charge in [-0.1, -0.05) is 13.3 Å². The molecule has 2 N–H and O–H groups in total. The van der Waals surface area contributed by atoms with Crippen LogP contribution in [0.25, 0.3) is 0 Å². The minimum absolute atomic E-state index is 0.181. The average molecular weight is 242 g/mol. The first-order valence-electron chi connectivity index (χ1n) is 6.17. The van der Waals surface area contributed by atoms with Crippen LogP contribution in [0.5, 0.6) is 0 Å². The van der Waals surface area contributed by atoms with Crippen LogP contribution in [-0.4, -0.2) is 41.6 Å². The van der Waals surface area contributed by atoms with E-state index in [4.69, 9.17) is 5.11 Å². The number of carbonyl (C=O) groups excluding carboxylic acids is 1. The number of carbonyl (C=O) groups is 2. The van der Waals surface area contributed by atoms with E-state index in [1.165, 1.54) is 0 Å². The second-order valence-corrected chi connectivity index (χ2v) is 4.99. The summed E-state index contributed by atoms with van der Waals surface area (Å²) in [6, 6.07) is -0.00143. The lowest BCUT2D eigenvalue weighted by Crippen LogP contribution is -2.45. The van der Waals surface area contributed by atoms with Crippen molar-refractivity contribution in [2.45, 2.75) is 45.6 Å². The second kappa shape index (κ2) is 5.38. The summed E-state index contributed by atoms with van der Waals surface area (Å²) in [5.74, 6) is -0.804. The molecule has 1 rings (SSSR count). The van der Waals surface area contributed by atoms with Gasteiger partial charge in [0.15, 0.2) is 0 Å². The number of rotatable bonds is 6. The number of hydrogen-bond donors (Lipinski definition) is 2. The normalized spacial score (nSPS) is 18.3. The van der Waals surface area contributed by atoms with Gasteiger partial charge >= 0.3 is 12.0 Å². The Balaban J connectivity index is 2.37. The molecule has 1 atom stereocenters. The van der Waals surface area contributed by atoms with Crippen LogP contribution >= 0.6 is 0 Å². The van der Waals surface area contributed by atoms with Crippen molar-refractivity contribution in [2.24, 2.45) is 5.41 Å². The highest BCUT2D eigenvalue weighted by Gasteiger charge is 2.50. The number of amides is 2. The highest BCUT2D eigenvalue weighted by molar-refractivity contribution is 5.80. The summed E-state index contributed by atoms with van der Waals surface area (Å²) in [7, 11) is 1.75. The maximum atomic E-state index is 11.8. The van der Waals surface area contributed by atoms with Crippen molar-refractivity contribution < 1.29 is 14.7 Å². The number of carboxylic acids is 1. The molecule has 0 spiro atoms. The van der Waals surface area contributed by atoms with Crippen LogP contribution in [0, 0.1) is 5.41 Å². The van der Waals surface area contributed by atoms with Gasteiger partial charge in [-0.2, -0.15) is 0 Å². The van der Waals surface area contributed by atoms with Gasteiger partial charge in [-0.3, -0.25) is 4.79 Å². The second-order valence-electron chi connectivity index (χ2n) is 4.99. The Bertz CT molecular complexity index is 300. The molecular formula is C12H22N2O3. The van der Waals surface area contributed by atoms with Crippen molar-refractivity contribution >= 4 is 12.0 Å². The molecule has 98 valence electrons. The SMILES string of the molecule is CCCC(C)N(C)C(=O)NCC1(C(=O)O)CC1. The van der Waals surface area contributed by atoms with Gasteiger partial charge in [0.2, 0.25) is 0 Å². The first kappa shape index (κ1) is 13.8. The molecule has 0 bridgehead atoms. The molecule has 0 aromatic carbocycles. The minimum Gasteiger partial charge on any atom is -0.481 e. The molecule has 0 aromatic rings. The van der Waals surface area contributed by atoms with E-state index in [1.54, 1.807) is 11.9 Å². The molecule has 2 amide bonds. The molecule has 17 heavy (non-hydrogen) atoms. The van der Waals surface area contributed by atoms with Crippen LogP contribution in [0.2, 0.25) is 0 Å². The van der Waals surface area contributed by atoms with Crippen LogP contribution in [0.15, 0.2) is 0 Å². The Kier molecular flexibility index (Phi) is 4.37. The monoisotopic (exact) mass is 242 g/mol. The zero-order chi connectivity index (χ0) is 13.1. The summed E-state index contributed by atoms with van der Waals surface area (Å²) >= 11 is 0. The van der Waals surface area contributed by atoms with Crippen LogP contribution in [-0.2, 0) is 4.79 Å². The lowest BCUT2D eigenvalue weighted by atomic mass is 10.1. The van der Waals surface area contributed by atoms with Gasteiger partial charge in [0.05, 0.1) is 5.41 Å². The fraction of sp³-hybridized carbons (Fsp3) is 0.833. The molecule has 0 aromatic heterocycles. The van der Waals surface area contributed by atoms with Crippen molar-refractivity contribution in [1.29, 1.82) is 0 Å². The molecule has 1 fully saturated rings. The predicted molar refractivity (Wildman–Crippen MR) is 64.8 cm³/mol. The number of nitrogens with zero attached hydrogens (tertiary/aromatic N) is 1. The van der Waals surface area contributed by atoms with Gasteiger partial charge in [0.1, 0.15) is 0 Å². The highest BCUT2D eigenvalue weighted by atomic mass is 16.4. The van der Waals surface area contributed by atoms with E-state index in [1.807, 2.05) is 6.92 Å². The third kappa shape index (κ3) is 3.35. The fourth-order valence-electron chi connectivity index (χ4n) is 1.80. The molecule has 0 radical (unpaired) electrons. The van der Waals surface area contributed by atoms with Crippen LogP contribution in [0.4, 0.5) is 4.79 Å². The first-order chi connectivity index (χ1) is 7.93. The number of urea groups is 1. The quantitative estimate of drug-likeness (QED) is 0.744. The molecule has 0 aliphatic heterocycles. The summed E-state index contributed by atoms with van der Waals surface area (Å²) < 4.78 is 0. The topological polar surface area (TPSA) is 69.6 Å². The minimum atomic E-state index is -0.804. The number of hydrogen-bond acceptors (Lipinski definition) is 2. The number of nitrogens with one attached hydrogen (secondary N) is 1. The van der Waals surface area contributed by atoms with Crippen molar-refractivity contribution in [3.63, 3.8) is 0 Å². The highest BCUT2D eigenvalue weighted by Crippen LogP contribution is 2.45. The largest absolute Gasteiger partial charge is 0.481 e. The zero-order valence-corrected chi connectivity index (χ0v) is 10.8. The van der Waals surface area contributed by atoms with Gasteiger partial charge in [-0.25, -0.2) is 4.79 Å². The van der Waals surface area contributed by atoms with E-state index in [2.05, 4.69) is 12.2 Å². The van der Waals surface area contributed by atoms with Gasteiger partial charge in [0, 0.05) is 19.6 Å². The summed E-state index contributed by atoms with van der Waals surface area (Å²) in [4.78, 5) is 24.4. The molecule has 1 saturated carbocycles. The maximum Gasteiger partial charge on any atom is 0.317 e. The van der Waals surface area contributed by atoms with E-state index < -0.39 is 11.4 Å². The lowest BCUT2D eigenvalue weighted by Gasteiger charge is -2.25. The molecule has 5 heteroatoms. The Morgan fingerprint density at radius 2 is 2.06 bits per heavy atom. The molecule has 1 aliphatic carbocycles. The van der Waals surface area contributed by atoms with E-state index in [9.17, 15) is 9.59 Å². The fourth-order valence-corrected chi connectivity index (χ4v) is 1.80. The van der Waals surface area contributed by atoms with Crippen LogP contribution in [0.1, 0.15) is 39.5 Å². The maximum absolute atomic E-state index is 11.8. The van der Waals surface area contributed by atoms with Gasteiger partial charge < -0.3 is 15.3 Å². The third-order valence-corrected chi connectivity index (χ3v) is 3.57. The summed E-state index contributed by atoms with van der Waals surface area (Å²) in [5, 5.41) is 11.7.